The molecule has 0 aromatic heterocycles. The third-order valence-corrected chi connectivity index (χ3v) is 5.17. The molecule has 0 saturated heterocycles. The third-order valence-electron chi connectivity index (χ3n) is 5.17. The zero-order valence-electron chi connectivity index (χ0n) is 17.3. The lowest BCUT2D eigenvalue weighted by Gasteiger charge is -2.20. The average molecular weight is 402 g/mol. The molecule has 3 N–H and O–H groups in total. The summed E-state index contributed by atoms with van der Waals surface area (Å²) in [6.45, 7) is 3.36. The summed E-state index contributed by atoms with van der Waals surface area (Å²) in [4.78, 5) is 23.6. The van der Waals surface area contributed by atoms with Gasteiger partial charge in [0.2, 0.25) is 5.91 Å². The molecular formula is C24H26N4O2. The molecule has 0 radical (unpaired) electrons. The second-order valence-electron chi connectivity index (χ2n) is 7.50. The van der Waals surface area contributed by atoms with E-state index in [1.165, 1.54) is 37.1 Å². The number of fused-ring (bicyclic) bond motifs is 1. The van der Waals surface area contributed by atoms with Crippen LogP contribution in [0.4, 0.5) is 11.4 Å². The normalized spacial score (nSPS) is 14.1. The van der Waals surface area contributed by atoms with Crippen molar-refractivity contribution in [3.05, 3.63) is 70.9 Å². The van der Waals surface area contributed by atoms with E-state index in [2.05, 4.69) is 34.1 Å². The van der Waals surface area contributed by atoms with E-state index >= 15 is 0 Å². The number of nitriles is 1. The Morgan fingerprint density at radius 1 is 1.03 bits per heavy atom. The average Bonchev–Trinajstić information content (AvgIpc) is 2.74. The Morgan fingerprint density at radius 2 is 1.70 bits per heavy atom. The van der Waals surface area contributed by atoms with Gasteiger partial charge in [0.1, 0.15) is 11.6 Å². The van der Waals surface area contributed by atoms with Crippen LogP contribution in [0.15, 0.2) is 54.2 Å². The van der Waals surface area contributed by atoms with Crippen LogP contribution in [0.5, 0.6) is 0 Å². The van der Waals surface area contributed by atoms with Crippen LogP contribution in [0.2, 0.25) is 0 Å². The number of anilines is 2. The first kappa shape index (κ1) is 21.1. The number of rotatable bonds is 6. The van der Waals surface area contributed by atoms with E-state index < -0.39 is 5.91 Å². The quantitative estimate of drug-likeness (QED) is 0.498. The Balaban J connectivity index is 1.62. The molecule has 30 heavy (non-hydrogen) atoms. The van der Waals surface area contributed by atoms with Crippen molar-refractivity contribution in [1.29, 1.82) is 5.26 Å². The standard InChI is InChI=1S/C24H26N4O2/c1-16(19-8-7-18-5-3-4-6-20(18)13-19)27-24(30)21(14-25)15-26-22-9-11-23(12-10-22)28-17(2)29/h7-13,15-16,26H,3-6H2,1-2H3,(H,27,30)(H,28,29)/b21-15-. The van der Waals surface area contributed by atoms with Gasteiger partial charge in [-0.05, 0) is 73.6 Å². The Bertz CT molecular complexity index is 1000. The molecule has 2 aromatic rings. The number of aryl methyl sites for hydroxylation is 2. The molecule has 0 aliphatic heterocycles. The van der Waals surface area contributed by atoms with Gasteiger partial charge in [0, 0.05) is 24.5 Å². The molecule has 1 unspecified atom stereocenters. The van der Waals surface area contributed by atoms with Gasteiger partial charge in [0.15, 0.2) is 0 Å². The van der Waals surface area contributed by atoms with Crippen LogP contribution in [0.1, 0.15) is 49.4 Å². The summed E-state index contributed by atoms with van der Waals surface area (Å²) < 4.78 is 0. The molecule has 2 amide bonds. The van der Waals surface area contributed by atoms with Gasteiger partial charge < -0.3 is 16.0 Å². The van der Waals surface area contributed by atoms with Crippen LogP contribution in [0.25, 0.3) is 0 Å². The van der Waals surface area contributed by atoms with Gasteiger partial charge in [-0.3, -0.25) is 9.59 Å². The molecule has 154 valence electrons. The Labute approximate surface area is 177 Å². The highest BCUT2D eigenvalue weighted by atomic mass is 16.2. The molecule has 1 atom stereocenters. The maximum Gasteiger partial charge on any atom is 0.263 e. The Morgan fingerprint density at radius 3 is 2.37 bits per heavy atom. The van der Waals surface area contributed by atoms with Crippen molar-refractivity contribution in [2.75, 3.05) is 10.6 Å². The maximum absolute atomic E-state index is 12.6. The zero-order chi connectivity index (χ0) is 21.5. The summed E-state index contributed by atoms with van der Waals surface area (Å²) in [7, 11) is 0. The number of benzene rings is 2. The Hall–Kier alpha value is -3.59. The second-order valence-corrected chi connectivity index (χ2v) is 7.50. The van der Waals surface area contributed by atoms with Crippen molar-refractivity contribution >= 4 is 23.2 Å². The predicted octanol–water partition coefficient (Wildman–Crippen LogP) is 4.22. The zero-order valence-corrected chi connectivity index (χ0v) is 17.3. The van der Waals surface area contributed by atoms with Gasteiger partial charge in [-0.25, -0.2) is 0 Å². The maximum atomic E-state index is 12.6. The molecule has 0 spiro atoms. The van der Waals surface area contributed by atoms with Gasteiger partial charge in [-0.2, -0.15) is 5.26 Å². The Kier molecular flexibility index (Phi) is 6.87. The molecule has 0 saturated carbocycles. The number of hydrogen-bond acceptors (Lipinski definition) is 4. The van der Waals surface area contributed by atoms with Crippen molar-refractivity contribution in [1.82, 2.24) is 5.32 Å². The summed E-state index contributed by atoms with van der Waals surface area (Å²) in [5.74, 6) is -0.572. The molecule has 1 aliphatic carbocycles. The molecule has 1 aliphatic rings. The molecule has 6 nitrogen and oxygen atoms in total. The van der Waals surface area contributed by atoms with Gasteiger partial charge in [-0.1, -0.05) is 18.2 Å². The van der Waals surface area contributed by atoms with Crippen molar-refractivity contribution in [3.8, 4) is 6.07 Å². The highest BCUT2D eigenvalue weighted by Gasteiger charge is 2.16. The molecule has 6 heteroatoms. The van der Waals surface area contributed by atoms with E-state index in [1.54, 1.807) is 24.3 Å². The van der Waals surface area contributed by atoms with Crippen molar-refractivity contribution in [2.24, 2.45) is 0 Å². The van der Waals surface area contributed by atoms with E-state index in [0.717, 1.165) is 18.4 Å². The van der Waals surface area contributed by atoms with Crippen LogP contribution in [-0.4, -0.2) is 11.8 Å². The van der Waals surface area contributed by atoms with Gasteiger partial charge >= 0.3 is 0 Å². The molecular weight excluding hydrogens is 376 g/mol. The molecule has 3 rings (SSSR count). The largest absolute Gasteiger partial charge is 0.360 e. The molecule has 0 heterocycles. The van der Waals surface area contributed by atoms with E-state index in [0.29, 0.717) is 11.4 Å². The minimum Gasteiger partial charge on any atom is -0.360 e. The summed E-state index contributed by atoms with van der Waals surface area (Å²) >= 11 is 0. The lowest BCUT2D eigenvalue weighted by molar-refractivity contribution is -0.117. The first-order chi connectivity index (χ1) is 14.5. The molecule has 0 bridgehead atoms. The van der Waals surface area contributed by atoms with Crippen LogP contribution in [0.3, 0.4) is 0 Å². The minimum absolute atomic E-state index is 0.00857. The number of carbonyl (C=O) groups is 2. The van der Waals surface area contributed by atoms with Crippen LogP contribution in [0, 0.1) is 11.3 Å². The fraction of sp³-hybridized carbons (Fsp3) is 0.292. The lowest BCUT2D eigenvalue weighted by Crippen LogP contribution is -2.28. The summed E-state index contributed by atoms with van der Waals surface area (Å²) in [6, 6.07) is 15.1. The first-order valence-corrected chi connectivity index (χ1v) is 10.1. The topological polar surface area (TPSA) is 94.0 Å². The third kappa shape index (κ3) is 5.48. The lowest BCUT2D eigenvalue weighted by atomic mass is 9.89. The van der Waals surface area contributed by atoms with E-state index in [1.807, 2.05) is 13.0 Å². The first-order valence-electron chi connectivity index (χ1n) is 10.1. The fourth-order valence-corrected chi connectivity index (χ4v) is 3.54. The van der Waals surface area contributed by atoms with Crippen molar-refractivity contribution in [3.63, 3.8) is 0 Å². The van der Waals surface area contributed by atoms with Gasteiger partial charge in [0.05, 0.1) is 6.04 Å². The van der Waals surface area contributed by atoms with Crippen molar-refractivity contribution < 1.29 is 9.59 Å². The molecule has 2 aromatic carbocycles. The van der Waals surface area contributed by atoms with Gasteiger partial charge in [-0.15, -0.1) is 0 Å². The molecule has 0 fully saturated rings. The monoisotopic (exact) mass is 402 g/mol. The summed E-state index contributed by atoms with van der Waals surface area (Å²) in [5.41, 5.74) is 5.17. The SMILES string of the molecule is CC(=O)Nc1ccc(N/C=C(/C#N)C(=O)NC(C)c2ccc3c(c2)CCCC3)cc1. The minimum atomic E-state index is -0.426. The summed E-state index contributed by atoms with van der Waals surface area (Å²) in [6.07, 6.45) is 6.03. The highest BCUT2D eigenvalue weighted by Crippen LogP contribution is 2.25. The van der Waals surface area contributed by atoms with E-state index in [-0.39, 0.29) is 17.5 Å². The highest BCUT2D eigenvalue weighted by molar-refractivity contribution is 5.97. The fourth-order valence-electron chi connectivity index (χ4n) is 3.54. The number of nitrogens with zero attached hydrogens (tertiary/aromatic N) is 1. The second kappa shape index (κ2) is 9.75. The van der Waals surface area contributed by atoms with E-state index in [4.69, 9.17) is 0 Å². The summed E-state index contributed by atoms with van der Waals surface area (Å²) in [5, 5.41) is 17.9. The number of carbonyl (C=O) groups excluding carboxylic acids is 2. The number of nitrogens with one attached hydrogen (secondary N) is 3. The number of hydrogen-bond donors (Lipinski definition) is 3. The van der Waals surface area contributed by atoms with Crippen LogP contribution < -0.4 is 16.0 Å². The van der Waals surface area contributed by atoms with Gasteiger partial charge in [0.25, 0.3) is 5.91 Å². The van der Waals surface area contributed by atoms with Crippen LogP contribution in [-0.2, 0) is 22.4 Å². The van der Waals surface area contributed by atoms with Crippen LogP contribution >= 0.6 is 0 Å². The predicted molar refractivity (Wildman–Crippen MR) is 118 cm³/mol. The van der Waals surface area contributed by atoms with Crippen molar-refractivity contribution in [2.45, 2.75) is 45.6 Å². The van der Waals surface area contributed by atoms with E-state index in [9.17, 15) is 14.9 Å². The number of amides is 2. The smallest absolute Gasteiger partial charge is 0.263 e.